The largest absolute Gasteiger partial charge is 0.508 e. The van der Waals surface area contributed by atoms with Gasteiger partial charge in [-0.05, 0) is 91.1 Å². The fourth-order valence-electron chi connectivity index (χ4n) is 7.98. The lowest BCUT2D eigenvalue weighted by atomic mass is 9.56. The third-order valence-corrected chi connectivity index (χ3v) is 11.2. The molecule has 0 spiro atoms. The molecule has 0 saturated heterocycles. The molecule has 6 rings (SSSR count). The number of rotatable bonds is 15. The maximum absolute atomic E-state index is 10.8. The van der Waals surface area contributed by atoms with Crippen molar-refractivity contribution >= 4 is 28.2 Å². The van der Waals surface area contributed by atoms with E-state index in [9.17, 15) is 15.3 Å². The minimum atomic E-state index is -1.05. The van der Waals surface area contributed by atoms with Crippen molar-refractivity contribution in [2.75, 3.05) is 26.4 Å². The Balaban J connectivity index is 1.54. The first-order chi connectivity index (χ1) is 23.0. The second-order valence-corrected chi connectivity index (χ2v) is 14.1. The summed E-state index contributed by atoms with van der Waals surface area (Å²) in [6.07, 6.45) is 9.83. The molecule has 1 fully saturated rings. The molecule has 47 heavy (non-hydrogen) atoms. The molecule has 3 aromatic carbocycles. The van der Waals surface area contributed by atoms with E-state index in [0.717, 1.165) is 66.0 Å². The first-order valence-corrected chi connectivity index (χ1v) is 18.0. The van der Waals surface area contributed by atoms with Crippen LogP contribution in [0.3, 0.4) is 0 Å². The summed E-state index contributed by atoms with van der Waals surface area (Å²) in [7, 11) is 0. The summed E-state index contributed by atoms with van der Waals surface area (Å²) in [5, 5.41) is 37.1. The number of phenolic OH excluding ortho intramolecular Hbond substituents is 1. The molecule has 1 saturated carbocycles. The van der Waals surface area contributed by atoms with E-state index in [-0.39, 0.29) is 47.9 Å². The van der Waals surface area contributed by atoms with Gasteiger partial charge in [-0.15, -0.1) is 18.3 Å². The number of nitrogens with zero attached hydrogens (tertiary/aromatic N) is 1. The van der Waals surface area contributed by atoms with Crippen molar-refractivity contribution in [1.82, 2.24) is 0 Å². The zero-order valence-electron chi connectivity index (χ0n) is 27.2. The van der Waals surface area contributed by atoms with Gasteiger partial charge in [0.1, 0.15) is 18.1 Å². The molecule has 0 bridgehead atoms. The quantitative estimate of drug-likeness (QED) is 0.0865. The van der Waals surface area contributed by atoms with Crippen LogP contribution in [0.4, 0.5) is 0 Å². The van der Waals surface area contributed by atoms with Gasteiger partial charge in [0.15, 0.2) is 0 Å². The second-order valence-electron chi connectivity index (χ2n) is 12.8. The second kappa shape index (κ2) is 15.3. The zero-order valence-corrected chi connectivity index (χ0v) is 28.0. The van der Waals surface area contributed by atoms with E-state index in [1.54, 1.807) is 23.9 Å². The molecular weight excluding hydrogens is 610 g/mol. The smallest absolute Gasteiger partial charge is 0.231 e. The Hall–Kier alpha value is -3.30. The number of aliphatic hydroxyl groups is 2. The van der Waals surface area contributed by atoms with Crippen molar-refractivity contribution in [3.8, 4) is 11.5 Å². The van der Waals surface area contributed by atoms with E-state index in [2.05, 4.69) is 55.1 Å². The highest BCUT2D eigenvalue weighted by atomic mass is 32.2. The summed E-state index contributed by atoms with van der Waals surface area (Å²) < 4.78 is 14.1. The maximum atomic E-state index is 10.8. The molecule has 7 nitrogen and oxygen atoms in total. The Morgan fingerprint density at radius 2 is 1.79 bits per heavy atom. The van der Waals surface area contributed by atoms with Crippen LogP contribution >= 0.6 is 11.8 Å². The third-order valence-electron chi connectivity index (χ3n) is 9.94. The van der Waals surface area contributed by atoms with Crippen LogP contribution in [-0.2, 0) is 9.57 Å². The summed E-state index contributed by atoms with van der Waals surface area (Å²) in [5.74, 6) is 0.0130. The Morgan fingerprint density at radius 3 is 2.55 bits per heavy atom. The molecule has 8 heteroatoms. The minimum Gasteiger partial charge on any atom is -0.508 e. The zero-order chi connectivity index (χ0) is 32.8. The molecule has 250 valence electrons. The van der Waals surface area contributed by atoms with Crippen molar-refractivity contribution in [1.29, 1.82) is 0 Å². The van der Waals surface area contributed by atoms with Crippen LogP contribution in [0, 0.1) is 17.8 Å². The number of unbranched alkanes of at least 4 members (excludes halogenated alkanes) is 2. The van der Waals surface area contributed by atoms with Crippen LogP contribution in [0.25, 0.3) is 10.8 Å². The average Bonchev–Trinajstić information content (AvgIpc) is 3.09. The predicted molar refractivity (Wildman–Crippen MR) is 188 cm³/mol. The Kier molecular flexibility index (Phi) is 10.9. The highest BCUT2D eigenvalue weighted by Crippen LogP contribution is 2.63. The molecule has 0 aromatic heterocycles. The van der Waals surface area contributed by atoms with Gasteiger partial charge in [0, 0.05) is 36.0 Å². The van der Waals surface area contributed by atoms with E-state index in [1.807, 2.05) is 19.1 Å². The van der Waals surface area contributed by atoms with Gasteiger partial charge in [0.05, 0.1) is 23.5 Å². The predicted octanol–water partition coefficient (Wildman–Crippen LogP) is 7.99. The number of fused-ring (bicyclic) bond motifs is 3. The van der Waals surface area contributed by atoms with Gasteiger partial charge >= 0.3 is 0 Å². The number of aromatic hydroxyl groups is 1. The summed E-state index contributed by atoms with van der Waals surface area (Å²) in [5.41, 5.74) is 2.97. The third kappa shape index (κ3) is 6.84. The van der Waals surface area contributed by atoms with E-state index in [4.69, 9.17) is 19.5 Å². The van der Waals surface area contributed by atoms with Crippen molar-refractivity contribution in [3.63, 3.8) is 0 Å². The van der Waals surface area contributed by atoms with Gasteiger partial charge in [-0.2, -0.15) is 0 Å². The van der Waals surface area contributed by atoms with E-state index in [1.165, 1.54) is 10.8 Å². The van der Waals surface area contributed by atoms with Gasteiger partial charge in [0.2, 0.25) is 5.79 Å². The lowest BCUT2D eigenvalue weighted by Crippen LogP contribution is -2.64. The molecule has 6 atom stereocenters. The topological polar surface area (TPSA) is 101 Å². The van der Waals surface area contributed by atoms with Crippen LogP contribution in [0.2, 0.25) is 0 Å². The standard InChI is InChI=1S/C39H47NO6S/c1-3-21-44-39-36(47-30-17-15-26-11-5-6-12-27(26)22-30)25-34(40-45-4-2)32-23-28(13-7-9-19-41)31(14-8-10-20-42)37(38(32)39)33-24-29(43)16-18-35(33)46-39/h3,5-6,11-12,15-18,22-24,28,31,36-38,41-43H,1,4,7-10,13-14,19-21,25H2,2H3/t28-,31+,36-,37+,38+,39+/m0/s1. The van der Waals surface area contributed by atoms with E-state index >= 15 is 0 Å². The molecule has 1 aliphatic heterocycles. The molecule has 2 aliphatic carbocycles. The summed E-state index contributed by atoms with van der Waals surface area (Å²) in [6, 6.07) is 20.4. The number of oxime groups is 1. The number of hydrogen-bond acceptors (Lipinski definition) is 8. The van der Waals surface area contributed by atoms with E-state index < -0.39 is 5.79 Å². The van der Waals surface area contributed by atoms with Crippen molar-refractivity contribution < 1.29 is 29.6 Å². The molecule has 1 heterocycles. The molecular formula is C39H47NO6S. The fourth-order valence-corrected chi connectivity index (χ4v) is 9.32. The monoisotopic (exact) mass is 657 g/mol. The van der Waals surface area contributed by atoms with Crippen LogP contribution < -0.4 is 4.74 Å². The summed E-state index contributed by atoms with van der Waals surface area (Å²) in [6.45, 7) is 7.04. The Morgan fingerprint density at radius 1 is 1.00 bits per heavy atom. The van der Waals surface area contributed by atoms with Gasteiger partial charge in [0.25, 0.3) is 0 Å². The number of benzene rings is 3. The first kappa shape index (κ1) is 33.6. The normalized spacial score (nSPS) is 27.1. The molecule has 3 N–H and O–H groups in total. The summed E-state index contributed by atoms with van der Waals surface area (Å²) in [4.78, 5) is 6.90. The molecule has 3 aromatic rings. The lowest BCUT2D eigenvalue weighted by molar-refractivity contribution is -0.223. The highest BCUT2D eigenvalue weighted by Gasteiger charge is 2.64. The number of aliphatic hydroxyl groups excluding tert-OH is 2. The number of phenols is 1. The Bertz CT molecular complexity index is 1610. The van der Waals surface area contributed by atoms with Crippen molar-refractivity contribution in [3.05, 3.63) is 90.5 Å². The number of allylic oxidation sites excluding steroid dienone is 1. The minimum absolute atomic E-state index is 0.0414. The highest BCUT2D eigenvalue weighted by molar-refractivity contribution is 8.00. The van der Waals surface area contributed by atoms with Gasteiger partial charge < -0.3 is 29.6 Å². The van der Waals surface area contributed by atoms with Gasteiger partial charge in [-0.3, -0.25) is 0 Å². The van der Waals surface area contributed by atoms with Gasteiger partial charge in [-0.1, -0.05) is 60.5 Å². The molecule has 0 radical (unpaired) electrons. The van der Waals surface area contributed by atoms with Crippen LogP contribution in [0.1, 0.15) is 63.4 Å². The van der Waals surface area contributed by atoms with E-state index in [0.29, 0.717) is 19.6 Å². The van der Waals surface area contributed by atoms with Crippen molar-refractivity contribution in [2.45, 2.75) is 73.7 Å². The summed E-state index contributed by atoms with van der Waals surface area (Å²) >= 11 is 1.75. The SMILES string of the molecule is C=CCO[C@@]12Oc3ccc(O)cc3[C@H]3[C@H](CCCCO)[C@@H](CCCCO)C=C(C(=NOCC)C[C@@H]1Sc1ccc4ccccc4c1)[C@H]32. The fraction of sp³-hybridized carbons (Fsp3) is 0.462. The van der Waals surface area contributed by atoms with Crippen molar-refractivity contribution in [2.24, 2.45) is 22.9 Å². The lowest BCUT2D eigenvalue weighted by Gasteiger charge is -2.58. The molecule has 0 amide bonds. The number of ether oxygens (including phenoxy) is 2. The van der Waals surface area contributed by atoms with Crippen LogP contribution in [0.15, 0.2) is 95.0 Å². The van der Waals surface area contributed by atoms with Crippen LogP contribution in [-0.4, -0.2) is 58.5 Å². The molecule has 3 aliphatic rings. The van der Waals surface area contributed by atoms with Crippen LogP contribution in [0.5, 0.6) is 11.5 Å². The number of hydrogen-bond donors (Lipinski definition) is 3. The Labute approximate surface area is 282 Å². The molecule has 0 unspecified atom stereocenters. The average molecular weight is 658 g/mol. The first-order valence-electron chi connectivity index (χ1n) is 17.1. The number of thioether (sulfide) groups is 1. The maximum Gasteiger partial charge on any atom is 0.231 e. The van der Waals surface area contributed by atoms with Gasteiger partial charge in [-0.25, -0.2) is 0 Å².